The van der Waals surface area contributed by atoms with E-state index in [0.717, 1.165) is 0 Å². The van der Waals surface area contributed by atoms with Crippen molar-refractivity contribution in [3.05, 3.63) is 5.28 Å². The first-order valence-corrected chi connectivity index (χ1v) is 6.99. The minimum absolute atomic E-state index is 0.207. The predicted octanol–water partition coefficient (Wildman–Crippen LogP) is 2.18. The number of halogens is 1. The van der Waals surface area contributed by atoms with Crippen LogP contribution >= 0.6 is 11.6 Å². The number of hydrogen-bond acceptors (Lipinski definition) is 6. The highest BCUT2D eigenvalue weighted by Gasteiger charge is 2.25. The Bertz CT molecular complexity index is 428. The molecule has 0 amide bonds. The number of hydrogen-bond donors (Lipinski definition) is 1. The molecule has 0 spiro atoms. The quantitative estimate of drug-likeness (QED) is 0.918. The minimum Gasteiger partial charge on any atom is -0.347 e. The molecule has 1 aliphatic heterocycles. The molecule has 0 aromatic carbocycles. The molecule has 19 heavy (non-hydrogen) atoms. The molecule has 0 bridgehead atoms. The van der Waals surface area contributed by atoms with Crippen molar-refractivity contribution >= 4 is 23.5 Å². The first-order valence-electron chi connectivity index (χ1n) is 6.61. The number of piperidine rings is 1. The zero-order valence-electron chi connectivity index (χ0n) is 11.9. The van der Waals surface area contributed by atoms with Gasteiger partial charge in [0.05, 0.1) is 0 Å². The van der Waals surface area contributed by atoms with E-state index in [0.29, 0.717) is 24.0 Å². The third kappa shape index (κ3) is 3.45. The molecule has 2 rings (SSSR count). The van der Waals surface area contributed by atoms with Gasteiger partial charge < -0.3 is 4.90 Å². The zero-order valence-corrected chi connectivity index (χ0v) is 12.6. The van der Waals surface area contributed by atoms with Crippen LogP contribution in [0.15, 0.2) is 0 Å². The number of hydrazine groups is 1. The monoisotopic (exact) mass is 284 g/mol. The summed E-state index contributed by atoms with van der Waals surface area (Å²) in [5, 5.41) is 2.41. The van der Waals surface area contributed by atoms with E-state index in [4.69, 9.17) is 11.6 Å². The van der Waals surface area contributed by atoms with Crippen molar-refractivity contribution in [2.24, 2.45) is 0 Å². The van der Waals surface area contributed by atoms with Crippen LogP contribution < -0.4 is 10.3 Å². The molecular formula is C12H21ClN6. The Kier molecular flexibility index (Phi) is 4.42. The highest BCUT2D eigenvalue weighted by atomic mass is 35.5. The van der Waals surface area contributed by atoms with Crippen LogP contribution in [0, 0.1) is 0 Å². The minimum atomic E-state index is 0.207. The maximum absolute atomic E-state index is 5.94. The first-order chi connectivity index (χ1) is 8.97. The lowest BCUT2D eigenvalue weighted by molar-refractivity contribution is 0.134. The fourth-order valence-electron chi connectivity index (χ4n) is 2.35. The molecular weight excluding hydrogens is 264 g/mol. The number of anilines is 2. The van der Waals surface area contributed by atoms with Gasteiger partial charge in [-0.3, -0.25) is 5.43 Å². The van der Waals surface area contributed by atoms with Gasteiger partial charge in [0.15, 0.2) is 0 Å². The van der Waals surface area contributed by atoms with Crippen LogP contribution in [-0.4, -0.2) is 46.1 Å². The molecule has 2 heterocycles. The fraction of sp³-hybridized carbons (Fsp3) is 0.750. The maximum Gasteiger partial charge on any atom is 0.243 e. The smallest absolute Gasteiger partial charge is 0.243 e. The topological polar surface area (TPSA) is 57.2 Å². The molecule has 1 aromatic rings. The van der Waals surface area contributed by atoms with Gasteiger partial charge in [-0.15, -0.1) is 0 Å². The average molecular weight is 285 g/mol. The molecule has 106 valence electrons. The Morgan fingerprint density at radius 1 is 1.16 bits per heavy atom. The van der Waals surface area contributed by atoms with E-state index in [1.807, 2.05) is 19.0 Å². The fourth-order valence-corrected chi connectivity index (χ4v) is 2.50. The summed E-state index contributed by atoms with van der Waals surface area (Å²) in [6.45, 7) is 4.41. The summed E-state index contributed by atoms with van der Waals surface area (Å²) in [7, 11) is 3.75. The van der Waals surface area contributed by atoms with E-state index < -0.39 is 0 Å². The van der Waals surface area contributed by atoms with E-state index >= 15 is 0 Å². The zero-order chi connectivity index (χ0) is 14.0. The highest BCUT2D eigenvalue weighted by molar-refractivity contribution is 6.28. The Labute approximate surface area is 119 Å². The normalized spacial score (nSPS) is 24.3. The summed E-state index contributed by atoms with van der Waals surface area (Å²) < 4.78 is 0. The Balaban J connectivity index is 2.17. The molecule has 6 nitrogen and oxygen atoms in total. The average Bonchev–Trinajstić information content (AvgIpc) is 2.33. The van der Waals surface area contributed by atoms with Crippen molar-refractivity contribution in [2.75, 3.05) is 24.4 Å². The predicted molar refractivity (Wildman–Crippen MR) is 77.4 cm³/mol. The lowest BCUT2D eigenvalue weighted by atomic mass is 10.00. The summed E-state index contributed by atoms with van der Waals surface area (Å²) >= 11 is 5.94. The van der Waals surface area contributed by atoms with E-state index in [9.17, 15) is 0 Å². The molecule has 7 heteroatoms. The number of nitrogens with zero attached hydrogens (tertiary/aromatic N) is 5. The second-order valence-corrected chi connectivity index (χ2v) is 5.61. The van der Waals surface area contributed by atoms with Gasteiger partial charge in [-0.1, -0.05) is 6.42 Å². The van der Waals surface area contributed by atoms with Crippen LogP contribution in [0.5, 0.6) is 0 Å². The van der Waals surface area contributed by atoms with Crippen molar-refractivity contribution < 1.29 is 0 Å². The third-order valence-corrected chi connectivity index (χ3v) is 3.59. The third-order valence-electron chi connectivity index (χ3n) is 3.42. The van der Waals surface area contributed by atoms with Crippen molar-refractivity contribution in [3.63, 3.8) is 0 Å². The molecule has 1 aromatic heterocycles. The van der Waals surface area contributed by atoms with Gasteiger partial charge in [-0.25, -0.2) is 5.01 Å². The summed E-state index contributed by atoms with van der Waals surface area (Å²) in [5.41, 5.74) is 3.28. The molecule has 1 aliphatic rings. The number of aromatic nitrogens is 3. The SMILES string of the molecule is CC1CCCC(C)N1Nc1nc(Cl)nc(N(C)C)n1. The van der Waals surface area contributed by atoms with Crippen molar-refractivity contribution in [1.82, 2.24) is 20.0 Å². The van der Waals surface area contributed by atoms with Crippen LogP contribution in [0.25, 0.3) is 0 Å². The standard InChI is InChI=1S/C12H21ClN6/c1-8-6-5-7-9(2)19(8)17-11-14-10(13)15-12(16-11)18(3)4/h8-9H,5-7H2,1-4H3,(H,14,15,16,17). The molecule has 1 saturated heterocycles. The highest BCUT2D eigenvalue weighted by Crippen LogP contribution is 2.23. The molecule has 1 fully saturated rings. The first kappa shape index (κ1) is 14.3. The lowest BCUT2D eigenvalue weighted by Gasteiger charge is -2.38. The van der Waals surface area contributed by atoms with Gasteiger partial charge >= 0.3 is 0 Å². The van der Waals surface area contributed by atoms with Crippen LogP contribution in [0.2, 0.25) is 5.28 Å². The van der Waals surface area contributed by atoms with Gasteiger partial charge in [0.25, 0.3) is 0 Å². The summed E-state index contributed by atoms with van der Waals surface area (Å²) in [4.78, 5) is 14.4. The molecule has 0 radical (unpaired) electrons. The van der Waals surface area contributed by atoms with E-state index in [2.05, 4.69) is 39.2 Å². The van der Waals surface area contributed by atoms with Crippen molar-refractivity contribution in [3.8, 4) is 0 Å². The van der Waals surface area contributed by atoms with Crippen LogP contribution in [0.3, 0.4) is 0 Å². The summed E-state index contributed by atoms with van der Waals surface area (Å²) in [6, 6.07) is 0.921. The van der Waals surface area contributed by atoms with E-state index in [-0.39, 0.29) is 5.28 Å². The largest absolute Gasteiger partial charge is 0.347 e. The van der Waals surface area contributed by atoms with Gasteiger partial charge in [0.1, 0.15) is 0 Å². The van der Waals surface area contributed by atoms with Crippen molar-refractivity contribution in [1.29, 1.82) is 0 Å². The Hall–Kier alpha value is -1.14. The second-order valence-electron chi connectivity index (χ2n) is 5.27. The molecule has 2 unspecified atom stereocenters. The van der Waals surface area contributed by atoms with Gasteiger partial charge in [-0.2, -0.15) is 15.0 Å². The Morgan fingerprint density at radius 2 is 1.79 bits per heavy atom. The molecule has 0 saturated carbocycles. The lowest BCUT2D eigenvalue weighted by Crippen LogP contribution is -2.47. The van der Waals surface area contributed by atoms with Gasteiger partial charge in [0, 0.05) is 26.2 Å². The van der Waals surface area contributed by atoms with Gasteiger partial charge in [-0.05, 0) is 38.3 Å². The number of rotatable bonds is 3. The number of nitrogens with one attached hydrogen (secondary N) is 1. The van der Waals surface area contributed by atoms with Crippen LogP contribution in [0.1, 0.15) is 33.1 Å². The second kappa shape index (κ2) is 5.88. The Morgan fingerprint density at radius 3 is 2.37 bits per heavy atom. The van der Waals surface area contributed by atoms with Gasteiger partial charge in [0.2, 0.25) is 17.2 Å². The maximum atomic E-state index is 5.94. The van der Waals surface area contributed by atoms with Crippen LogP contribution in [-0.2, 0) is 0 Å². The molecule has 2 atom stereocenters. The summed E-state index contributed by atoms with van der Waals surface area (Å²) in [6.07, 6.45) is 3.62. The van der Waals surface area contributed by atoms with Crippen molar-refractivity contribution in [2.45, 2.75) is 45.2 Å². The summed E-state index contributed by atoms with van der Waals surface area (Å²) in [5.74, 6) is 1.06. The van der Waals surface area contributed by atoms with Crippen LogP contribution in [0.4, 0.5) is 11.9 Å². The molecule has 0 aliphatic carbocycles. The molecule has 1 N–H and O–H groups in total. The van der Waals surface area contributed by atoms with E-state index in [1.165, 1.54) is 19.3 Å². The van der Waals surface area contributed by atoms with E-state index in [1.54, 1.807) is 0 Å².